The molecule has 0 aliphatic carbocycles. The van der Waals surface area contributed by atoms with Gasteiger partial charge in [-0.2, -0.15) is 0 Å². The number of hydrogen-bond donors (Lipinski definition) is 1. The number of rotatable bonds is 6. The molecule has 0 saturated carbocycles. The second-order valence-corrected chi connectivity index (χ2v) is 6.47. The maximum atomic E-state index is 12.8. The van der Waals surface area contributed by atoms with E-state index in [0.29, 0.717) is 11.5 Å². The zero-order valence-electron chi connectivity index (χ0n) is 16.4. The molecule has 29 heavy (non-hydrogen) atoms. The summed E-state index contributed by atoms with van der Waals surface area (Å²) in [7, 11) is 4.14. The molecule has 2 amide bonds. The zero-order chi connectivity index (χ0) is 21.0. The highest BCUT2D eigenvalue weighted by Gasteiger charge is 2.35. The smallest absolute Gasteiger partial charge is 0.340 e. The molecule has 1 atom stereocenters. The van der Waals surface area contributed by atoms with Crippen LogP contribution in [0.2, 0.25) is 0 Å². The fourth-order valence-corrected chi connectivity index (χ4v) is 3.24. The van der Waals surface area contributed by atoms with Gasteiger partial charge in [0, 0.05) is 30.8 Å². The molecule has 1 aliphatic heterocycles. The minimum Gasteiger partial charge on any atom is -0.493 e. The third-order valence-electron chi connectivity index (χ3n) is 4.75. The van der Waals surface area contributed by atoms with E-state index in [4.69, 9.17) is 14.2 Å². The van der Waals surface area contributed by atoms with Gasteiger partial charge in [0.05, 0.1) is 38.5 Å². The Bertz CT molecular complexity index is 928. The predicted octanol–water partition coefficient (Wildman–Crippen LogP) is 2.48. The number of amides is 2. The molecule has 8 nitrogen and oxygen atoms in total. The molecular formula is C21H22N2O6. The number of anilines is 2. The molecule has 0 aromatic heterocycles. The van der Waals surface area contributed by atoms with Crippen molar-refractivity contribution in [2.45, 2.75) is 6.42 Å². The number of nitrogens with zero attached hydrogens (tertiary/aromatic N) is 1. The topological polar surface area (TPSA) is 94.2 Å². The van der Waals surface area contributed by atoms with Crippen LogP contribution in [0.4, 0.5) is 11.4 Å². The molecule has 1 N–H and O–H groups in total. The summed E-state index contributed by atoms with van der Waals surface area (Å²) in [6, 6.07) is 12.1. The van der Waals surface area contributed by atoms with E-state index in [0.717, 1.165) is 5.69 Å². The normalized spacial score (nSPS) is 15.8. The van der Waals surface area contributed by atoms with Crippen molar-refractivity contribution in [3.05, 3.63) is 48.0 Å². The van der Waals surface area contributed by atoms with Gasteiger partial charge in [-0.15, -0.1) is 0 Å². The van der Waals surface area contributed by atoms with E-state index in [1.807, 2.05) is 30.3 Å². The van der Waals surface area contributed by atoms with Gasteiger partial charge in [-0.05, 0) is 12.1 Å². The molecular weight excluding hydrogens is 376 g/mol. The lowest BCUT2D eigenvalue weighted by Crippen LogP contribution is -2.28. The Morgan fingerprint density at radius 2 is 1.69 bits per heavy atom. The molecule has 1 fully saturated rings. The van der Waals surface area contributed by atoms with Gasteiger partial charge in [0.25, 0.3) is 0 Å². The molecule has 0 bridgehead atoms. The fourth-order valence-electron chi connectivity index (χ4n) is 3.24. The van der Waals surface area contributed by atoms with Crippen LogP contribution in [0.15, 0.2) is 42.5 Å². The fraction of sp³-hybridized carbons (Fsp3) is 0.286. The summed E-state index contributed by atoms with van der Waals surface area (Å²) in [5, 5.41) is 2.73. The minimum absolute atomic E-state index is 0.0849. The van der Waals surface area contributed by atoms with Gasteiger partial charge < -0.3 is 24.4 Å². The van der Waals surface area contributed by atoms with Crippen LogP contribution in [0.1, 0.15) is 16.8 Å². The van der Waals surface area contributed by atoms with Gasteiger partial charge in [-0.3, -0.25) is 9.59 Å². The van der Waals surface area contributed by atoms with Crippen molar-refractivity contribution in [3.63, 3.8) is 0 Å². The third kappa shape index (κ3) is 4.16. The number of esters is 1. The summed E-state index contributed by atoms with van der Waals surface area (Å²) >= 11 is 0. The monoisotopic (exact) mass is 398 g/mol. The van der Waals surface area contributed by atoms with Gasteiger partial charge >= 0.3 is 5.97 Å². The summed E-state index contributed by atoms with van der Waals surface area (Å²) in [4.78, 5) is 39.0. The summed E-state index contributed by atoms with van der Waals surface area (Å²) < 4.78 is 15.3. The molecule has 0 spiro atoms. The van der Waals surface area contributed by atoms with Crippen molar-refractivity contribution < 1.29 is 28.6 Å². The first-order valence-corrected chi connectivity index (χ1v) is 8.99. The minimum atomic E-state index is -0.630. The summed E-state index contributed by atoms with van der Waals surface area (Å²) in [5.74, 6) is -0.997. The van der Waals surface area contributed by atoms with Crippen LogP contribution in [0.25, 0.3) is 0 Å². The summed E-state index contributed by atoms with van der Waals surface area (Å²) in [6.07, 6.45) is 0.0849. The highest BCUT2D eigenvalue weighted by atomic mass is 16.5. The van der Waals surface area contributed by atoms with Crippen molar-refractivity contribution in [1.29, 1.82) is 0 Å². The highest BCUT2D eigenvalue weighted by Crippen LogP contribution is 2.34. The molecule has 1 unspecified atom stereocenters. The van der Waals surface area contributed by atoms with E-state index in [1.165, 1.54) is 33.5 Å². The van der Waals surface area contributed by atoms with Gasteiger partial charge in [0.2, 0.25) is 11.8 Å². The molecule has 1 heterocycles. The van der Waals surface area contributed by atoms with Gasteiger partial charge in [0.15, 0.2) is 11.5 Å². The molecule has 3 rings (SSSR count). The number of hydrogen-bond acceptors (Lipinski definition) is 6. The molecule has 1 saturated heterocycles. The second kappa shape index (κ2) is 8.64. The Hall–Kier alpha value is -3.55. The van der Waals surface area contributed by atoms with Crippen LogP contribution in [0.5, 0.6) is 11.5 Å². The summed E-state index contributed by atoms with van der Waals surface area (Å²) in [5.41, 5.74) is 1.10. The number of para-hydroxylation sites is 1. The number of carbonyl (C=O) groups excluding carboxylic acids is 3. The van der Waals surface area contributed by atoms with Crippen LogP contribution in [0.3, 0.4) is 0 Å². The van der Waals surface area contributed by atoms with Crippen LogP contribution in [-0.4, -0.2) is 45.7 Å². The quantitative estimate of drug-likeness (QED) is 0.752. The maximum Gasteiger partial charge on any atom is 0.340 e. The molecule has 0 radical (unpaired) electrons. The van der Waals surface area contributed by atoms with Gasteiger partial charge in [-0.1, -0.05) is 18.2 Å². The zero-order valence-corrected chi connectivity index (χ0v) is 16.4. The molecule has 8 heteroatoms. The van der Waals surface area contributed by atoms with Crippen LogP contribution in [-0.2, 0) is 14.3 Å². The standard InChI is InChI=1S/C21H22N2O6/c1-27-17-10-15(21(26)29-3)16(11-18(17)28-2)22-20(25)13-9-19(24)23(12-13)14-7-5-4-6-8-14/h4-8,10-11,13H,9,12H2,1-3H3,(H,22,25). The first-order chi connectivity index (χ1) is 14.0. The lowest BCUT2D eigenvalue weighted by Gasteiger charge is -2.18. The van der Waals surface area contributed by atoms with Gasteiger partial charge in [0.1, 0.15) is 0 Å². The number of benzene rings is 2. The van der Waals surface area contributed by atoms with E-state index in [1.54, 1.807) is 4.90 Å². The van der Waals surface area contributed by atoms with Gasteiger partial charge in [-0.25, -0.2) is 4.79 Å². The first kappa shape index (κ1) is 20.2. The summed E-state index contributed by atoms with van der Waals surface area (Å²) in [6.45, 7) is 0.259. The molecule has 152 valence electrons. The van der Waals surface area contributed by atoms with E-state index in [9.17, 15) is 14.4 Å². The van der Waals surface area contributed by atoms with Crippen LogP contribution in [0, 0.1) is 5.92 Å². The lowest BCUT2D eigenvalue weighted by molar-refractivity contribution is -0.122. The van der Waals surface area contributed by atoms with Crippen molar-refractivity contribution >= 4 is 29.2 Å². The third-order valence-corrected chi connectivity index (χ3v) is 4.75. The van der Waals surface area contributed by atoms with Crippen molar-refractivity contribution in [1.82, 2.24) is 0 Å². The molecule has 2 aromatic rings. The van der Waals surface area contributed by atoms with E-state index < -0.39 is 11.9 Å². The Kier molecular flexibility index (Phi) is 6.01. The second-order valence-electron chi connectivity index (χ2n) is 6.47. The molecule has 1 aliphatic rings. The Labute approximate surface area is 168 Å². The number of nitrogens with one attached hydrogen (secondary N) is 1. The van der Waals surface area contributed by atoms with E-state index >= 15 is 0 Å². The first-order valence-electron chi connectivity index (χ1n) is 8.99. The predicted molar refractivity (Wildman–Crippen MR) is 106 cm³/mol. The van der Waals surface area contributed by atoms with Crippen LogP contribution >= 0.6 is 0 Å². The average molecular weight is 398 g/mol. The van der Waals surface area contributed by atoms with Crippen molar-refractivity contribution in [2.24, 2.45) is 5.92 Å². The lowest BCUT2D eigenvalue weighted by atomic mass is 10.1. The largest absolute Gasteiger partial charge is 0.493 e. The Morgan fingerprint density at radius 1 is 1.03 bits per heavy atom. The maximum absolute atomic E-state index is 12.8. The van der Waals surface area contributed by atoms with Crippen molar-refractivity contribution in [2.75, 3.05) is 38.1 Å². The van der Waals surface area contributed by atoms with E-state index in [2.05, 4.69) is 5.32 Å². The average Bonchev–Trinajstić information content (AvgIpc) is 3.15. The Morgan fingerprint density at radius 3 is 2.31 bits per heavy atom. The number of methoxy groups -OCH3 is 3. The number of ether oxygens (including phenoxy) is 3. The SMILES string of the molecule is COC(=O)c1cc(OC)c(OC)cc1NC(=O)C1CC(=O)N(c2ccccc2)C1. The van der Waals surface area contributed by atoms with Crippen LogP contribution < -0.4 is 19.7 Å². The highest BCUT2D eigenvalue weighted by molar-refractivity contribution is 6.06. The number of carbonyl (C=O) groups is 3. The molecule has 2 aromatic carbocycles. The van der Waals surface area contributed by atoms with E-state index in [-0.39, 0.29) is 36.0 Å². The van der Waals surface area contributed by atoms with Crippen molar-refractivity contribution in [3.8, 4) is 11.5 Å². The Balaban J connectivity index is 1.83.